The summed E-state index contributed by atoms with van der Waals surface area (Å²) in [6.07, 6.45) is 0. The van der Waals surface area contributed by atoms with Crippen LogP contribution < -0.4 is 14.2 Å². The molecule has 1 aromatic carbocycles. The van der Waals surface area contributed by atoms with Crippen molar-refractivity contribution in [3.8, 4) is 17.2 Å². The van der Waals surface area contributed by atoms with Crippen molar-refractivity contribution in [3.63, 3.8) is 0 Å². The van der Waals surface area contributed by atoms with Gasteiger partial charge in [0.15, 0.2) is 18.1 Å². The molecule has 0 unspecified atom stereocenters. The summed E-state index contributed by atoms with van der Waals surface area (Å²) in [4.78, 5) is 0. The van der Waals surface area contributed by atoms with Crippen LogP contribution in [0.1, 0.15) is 5.82 Å². The lowest BCUT2D eigenvalue weighted by Gasteiger charge is -2.12. The van der Waals surface area contributed by atoms with Crippen molar-refractivity contribution >= 4 is 0 Å². The maximum Gasteiger partial charge on any atom is 0.211 e. The number of rotatable bonds is 5. The highest BCUT2D eigenvalue weighted by Gasteiger charge is 2.11. The molecule has 0 atom stereocenters. The topological polar surface area (TPSA) is 82.2 Å². The number of H-pyrrole nitrogens is 1. The molecule has 7 heteroatoms. The standard InChI is InChI=1S/C10H12N4O3/c1-15-7-4-3-5-8(10(7)16-2)17-6-9-11-13-14-12-9/h3-5H,6H2,1-2H3,(H,11,12,13,14). The molecular weight excluding hydrogens is 224 g/mol. The van der Waals surface area contributed by atoms with Crippen molar-refractivity contribution in [3.05, 3.63) is 24.0 Å². The van der Waals surface area contributed by atoms with E-state index in [0.717, 1.165) is 0 Å². The van der Waals surface area contributed by atoms with Crippen LogP contribution in [-0.4, -0.2) is 34.8 Å². The van der Waals surface area contributed by atoms with Crippen molar-refractivity contribution in [1.29, 1.82) is 0 Å². The van der Waals surface area contributed by atoms with E-state index in [2.05, 4.69) is 20.6 Å². The lowest BCUT2D eigenvalue weighted by atomic mass is 10.3. The average molecular weight is 236 g/mol. The molecule has 0 aliphatic rings. The van der Waals surface area contributed by atoms with E-state index in [1.165, 1.54) is 0 Å². The molecule has 0 amide bonds. The van der Waals surface area contributed by atoms with Crippen molar-refractivity contribution in [2.24, 2.45) is 0 Å². The van der Waals surface area contributed by atoms with Crippen LogP contribution >= 0.6 is 0 Å². The Bertz CT molecular complexity index is 472. The van der Waals surface area contributed by atoms with E-state index >= 15 is 0 Å². The number of hydrogen-bond donors (Lipinski definition) is 1. The van der Waals surface area contributed by atoms with Gasteiger partial charge in [0, 0.05) is 0 Å². The van der Waals surface area contributed by atoms with Gasteiger partial charge in [-0.25, -0.2) is 0 Å². The second-order valence-electron chi connectivity index (χ2n) is 3.11. The number of hydrogen-bond acceptors (Lipinski definition) is 6. The number of para-hydroxylation sites is 1. The number of nitrogens with zero attached hydrogens (tertiary/aromatic N) is 3. The smallest absolute Gasteiger partial charge is 0.211 e. The van der Waals surface area contributed by atoms with Crippen molar-refractivity contribution in [1.82, 2.24) is 20.6 Å². The molecule has 0 saturated carbocycles. The van der Waals surface area contributed by atoms with Gasteiger partial charge in [0.2, 0.25) is 11.6 Å². The summed E-state index contributed by atoms with van der Waals surface area (Å²) in [7, 11) is 3.12. The fourth-order valence-electron chi connectivity index (χ4n) is 1.36. The molecule has 0 aliphatic carbocycles. The molecule has 1 aromatic heterocycles. The Balaban J connectivity index is 2.14. The highest BCUT2D eigenvalue weighted by atomic mass is 16.5. The van der Waals surface area contributed by atoms with Gasteiger partial charge < -0.3 is 14.2 Å². The number of benzene rings is 1. The Hall–Kier alpha value is -2.31. The van der Waals surface area contributed by atoms with Gasteiger partial charge in [-0.05, 0) is 12.1 Å². The van der Waals surface area contributed by atoms with Crippen molar-refractivity contribution < 1.29 is 14.2 Å². The van der Waals surface area contributed by atoms with Gasteiger partial charge in [-0.3, -0.25) is 0 Å². The van der Waals surface area contributed by atoms with E-state index in [-0.39, 0.29) is 6.61 Å². The van der Waals surface area contributed by atoms with Gasteiger partial charge in [-0.15, -0.1) is 10.2 Å². The van der Waals surface area contributed by atoms with Crippen LogP contribution in [0.5, 0.6) is 17.2 Å². The van der Waals surface area contributed by atoms with Gasteiger partial charge in [0.25, 0.3) is 0 Å². The van der Waals surface area contributed by atoms with E-state index in [4.69, 9.17) is 14.2 Å². The Morgan fingerprint density at radius 3 is 2.65 bits per heavy atom. The molecule has 2 rings (SSSR count). The normalized spacial score (nSPS) is 10.0. The molecule has 2 aromatic rings. The summed E-state index contributed by atoms with van der Waals surface area (Å²) in [5.74, 6) is 2.18. The number of aromatic amines is 1. The van der Waals surface area contributed by atoms with Crippen LogP contribution in [0.4, 0.5) is 0 Å². The summed E-state index contributed by atoms with van der Waals surface area (Å²) in [6.45, 7) is 0.208. The predicted molar refractivity (Wildman–Crippen MR) is 58.1 cm³/mol. The number of tetrazole rings is 1. The van der Waals surface area contributed by atoms with Crippen LogP contribution in [0.25, 0.3) is 0 Å². The SMILES string of the molecule is COc1cccc(OCc2nn[nH]n2)c1OC. The maximum absolute atomic E-state index is 5.52. The minimum absolute atomic E-state index is 0.208. The molecule has 7 nitrogen and oxygen atoms in total. The van der Waals surface area contributed by atoms with Gasteiger partial charge in [0.05, 0.1) is 14.2 Å². The van der Waals surface area contributed by atoms with Crippen molar-refractivity contribution in [2.45, 2.75) is 6.61 Å². The Morgan fingerprint density at radius 2 is 2.00 bits per heavy atom. The molecule has 1 heterocycles. The third-order valence-electron chi connectivity index (χ3n) is 2.11. The molecule has 0 spiro atoms. The van der Waals surface area contributed by atoms with Crippen LogP contribution in [0.2, 0.25) is 0 Å². The summed E-state index contributed by atoms with van der Waals surface area (Å²) in [6, 6.07) is 5.38. The third kappa shape index (κ3) is 2.44. The zero-order chi connectivity index (χ0) is 12.1. The molecule has 0 radical (unpaired) electrons. The molecule has 90 valence electrons. The first-order chi connectivity index (χ1) is 8.35. The van der Waals surface area contributed by atoms with Gasteiger partial charge in [-0.2, -0.15) is 5.21 Å². The minimum Gasteiger partial charge on any atom is -0.493 e. The summed E-state index contributed by atoms with van der Waals surface area (Å²) < 4.78 is 15.9. The number of methoxy groups -OCH3 is 2. The monoisotopic (exact) mass is 236 g/mol. The lowest BCUT2D eigenvalue weighted by molar-refractivity contribution is 0.268. The van der Waals surface area contributed by atoms with E-state index < -0.39 is 0 Å². The molecule has 1 N–H and O–H groups in total. The van der Waals surface area contributed by atoms with Crippen LogP contribution in [0.15, 0.2) is 18.2 Å². The minimum atomic E-state index is 0.208. The summed E-state index contributed by atoms with van der Waals surface area (Å²) >= 11 is 0. The molecular formula is C10H12N4O3. The predicted octanol–water partition coefficient (Wildman–Crippen LogP) is 0.796. The summed E-state index contributed by atoms with van der Waals surface area (Å²) in [5, 5.41) is 13.4. The largest absolute Gasteiger partial charge is 0.493 e. The van der Waals surface area contributed by atoms with Crippen molar-refractivity contribution in [2.75, 3.05) is 14.2 Å². The first-order valence-corrected chi connectivity index (χ1v) is 4.91. The first kappa shape index (κ1) is 11.2. The van der Waals surface area contributed by atoms with Crippen LogP contribution in [0.3, 0.4) is 0 Å². The highest BCUT2D eigenvalue weighted by Crippen LogP contribution is 2.36. The van der Waals surface area contributed by atoms with E-state index in [1.54, 1.807) is 26.4 Å². The fraction of sp³-hybridized carbons (Fsp3) is 0.300. The van der Waals surface area contributed by atoms with E-state index in [1.807, 2.05) is 6.07 Å². The van der Waals surface area contributed by atoms with Gasteiger partial charge in [0.1, 0.15) is 0 Å². The number of nitrogens with one attached hydrogen (secondary N) is 1. The third-order valence-corrected chi connectivity index (χ3v) is 2.11. The van der Waals surface area contributed by atoms with Crippen LogP contribution in [0, 0.1) is 0 Å². The molecule has 0 fully saturated rings. The molecule has 0 aliphatic heterocycles. The number of ether oxygens (including phenoxy) is 3. The first-order valence-electron chi connectivity index (χ1n) is 4.91. The van der Waals surface area contributed by atoms with Crippen LogP contribution in [-0.2, 0) is 6.61 Å². The van der Waals surface area contributed by atoms with Gasteiger partial charge >= 0.3 is 0 Å². The highest BCUT2D eigenvalue weighted by molar-refractivity contribution is 5.50. The zero-order valence-corrected chi connectivity index (χ0v) is 9.51. The zero-order valence-electron chi connectivity index (χ0n) is 9.51. The quantitative estimate of drug-likeness (QED) is 0.826. The van der Waals surface area contributed by atoms with E-state index in [0.29, 0.717) is 23.1 Å². The second-order valence-corrected chi connectivity index (χ2v) is 3.11. The average Bonchev–Trinajstić information content (AvgIpc) is 2.88. The Kier molecular flexibility index (Phi) is 3.39. The number of aromatic nitrogens is 4. The second kappa shape index (κ2) is 5.15. The lowest BCUT2D eigenvalue weighted by Crippen LogP contribution is -2.00. The summed E-state index contributed by atoms with van der Waals surface area (Å²) in [5.41, 5.74) is 0. The van der Waals surface area contributed by atoms with Gasteiger partial charge in [-0.1, -0.05) is 11.3 Å². The maximum atomic E-state index is 5.52. The molecule has 0 saturated heterocycles. The molecule has 17 heavy (non-hydrogen) atoms. The Labute approximate surface area is 97.7 Å². The van der Waals surface area contributed by atoms with E-state index in [9.17, 15) is 0 Å². The molecule has 0 bridgehead atoms. The Morgan fingerprint density at radius 1 is 1.18 bits per heavy atom. The fourth-order valence-corrected chi connectivity index (χ4v) is 1.36.